The predicted molar refractivity (Wildman–Crippen MR) is 55.6 cm³/mol. The lowest BCUT2D eigenvalue weighted by Gasteiger charge is -2.23. The normalized spacial score (nSPS) is 16.0. The molecule has 0 fully saturated rings. The first-order chi connectivity index (χ1) is 6.86. The van der Waals surface area contributed by atoms with Crippen molar-refractivity contribution in [1.29, 1.82) is 0 Å². The summed E-state index contributed by atoms with van der Waals surface area (Å²) in [4.78, 5) is 13.3. The zero-order valence-electron chi connectivity index (χ0n) is 8.02. The van der Waals surface area contributed by atoms with Crippen LogP contribution in [-0.2, 0) is 11.3 Å². The molecule has 1 aromatic carbocycles. The van der Waals surface area contributed by atoms with Crippen LogP contribution >= 0.6 is 0 Å². The van der Waals surface area contributed by atoms with Crippen LogP contribution in [0.15, 0.2) is 42.5 Å². The van der Waals surface area contributed by atoms with Crippen molar-refractivity contribution in [3.05, 3.63) is 48.0 Å². The second kappa shape index (κ2) is 4.09. The smallest absolute Gasteiger partial charge is 0.246 e. The van der Waals surface area contributed by atoms with Gasteiger partial charge in [-0.3, -0.25) is 4.79 Å². The maximum Gasteiger partial charge on any atom is 0.246 e. The van der Waals surface area contributed by atoms with Gasteiger partial charge < -0.3 is 4.90 Å². The van der Waals surface area contributed by atoms with E-state index >= 15 is 0 Å². The number of benzene rings is 1. The fourth-order valence-corrected chi connectivity index (χ4v) is 1.59. The van der Waals surface area contributed by atoms with Crippen molar-refractivity contribution >= 4 is 5.91 Å². The first-order valence-corrected chi connectivity index (χ1v) is 4.85. The number of nitrogens with zero attached hydrogens (tertiary/aromatic N) is 1. The van der Waals surface area contributed by atoms with Crippen LogP contribution in [0.2, 0.25) is 0 Å². The van der Waals surface area contributed by atoms with Crippen LogP contribution in [0.5, 0.6) is 0 Å². The Morgan fingerprint density at radius 3 is 2.71 bits per heavy atom. The molecule has 0 N–H and O–H groups in total. The Morgan fingerprint density at radius 1 is 1.21 bits per heavy atom. The number of amides is 1. The van der Waals surface area contributed by atoms with Gasteiger partial charge in [0.25, 0.3) is 0 Å². The maximum atomic E-state index is 11.4. The molecule has 1 aromatic rings. The molecule has 2 rings (SSSR count). The third-order valence-electron chi connectivity index (χ3n) is 2.35. The molecule has 0 spiro atoms. The summed E-state index contributed by atoms with van der Waals surface area (Å²) in [6.07, 6.45) is 4.56. The van der Waals surface area contributed by atoms with Crippen LogP contribution in [-0.4, -0.2) is 17.4 Å². The Kier molecular flexibility index (Phi) is 2.63. The largest absolute Gasteiger partial charge is 0.335 e. The Hall–Kier alpha value is -1.57. The first-order valence-electron chi connectivity index (χ1n) is 4.85. The minimum Gasteiger partial charge on any atom is -0.335 e. The van der Waals surface area contributed by atoms with Crippen LogP contribution in [0.25, 0.3) is 0 Å². The number of carbonyl (C=O) groups is 1. The Balaban J connectivity index is 2.04. The van der Waals surface area contributed by atoms with Gasteiger partial charge in [-0.15, -0.1) is 0 Å². The molecule has 0 saturated heterocycles. The van der Waals surface area contributed by atoms with Crippen LogP contribution in [0, 0.1) is 0 Å². The van der Waals surface area contributed by atoms with Gasteiger partial charge in [0.1, 0.15) is 0 Å². The lowest BCUT2D eigenvalue weighted by molar-refractivity contribution is -0.127. The lowest BCUT2D eigenvalue weighted by atomic mass is 10.2. The van der Waals surface area contributed by atoms with E-state index in [2.05, 4.69) is 0 Å². The molecule has 14 heavy (non-hydrogen) atoms. The number of rotatable bonds is 2. The molecule has 72 valence electrons. The molecule has 0 radical (unpaired) electrons. The second-order valence-corrected chi connectivity index (χ2v) is 3.44. The molecule has 2 nitrogen and oxygen atoms in total. The summed E-state index contributed by atoms with van der Waals surface area (Å²) in [6.45, 7) is 1.56. The van der Waals surface area contributed by atoms with E-state index in [1.165, 1.54) is 5.56 Å². The minimum atomic E-state index is 0.125. The number of hydrogen-bond donors (Lipinski definition) is 0. The van der Waals surface area contributed by atoms with Gasteiger partial charge in [-0.25, -0.2) is 0 Å². The predicted octanol–water partition coefficient (Wildman–Crippen LogP) is 1.98. The molecule has 1 heterocycles. The topological polar surface area (TPSA) is 20.3 Å². The van der Waals surface area contributed by atoms with E-state index in [1.807, 2.05) is 41.3 Å². The van der Waals surface area contributed by atoms with E-state index in [1.54, 1.807) is 6.08 Å². The molecule has 0 aromatic heterocycles. The lowest BCUT2D eigenvalue weighted by Crippen LogP contribution is -2.31. The van der Waals surface area contributed by atoms with Crippen LogP contribution in [0.4, 0.5) is 0 Å². The van der Waals surface area contributed by atoms with Crippen LogP contribution < -0.4 is 0 Å². The zero-order valence-corrected chi connectivity index (χ0v) is 8.02. The van der Waals surface area contributed by atoms with Crippen molar-refractivity contribution in [2.45, 2.75) is 13.0 Å². The van der Waals surface area contributed by atoms with Gasteiger partial charge in [-0.1, -0.05) is 36.4 Å². The van der Waals surface area contributed by atoms with E-state index in [-0.39, 0.29) is 5.91 Å². The van der Waals surface area contributed by atoms with E-state index in [9.17, 15) is 4.79 Å². The van der Waals surface area contributed by atoms with Gasteiger partial charge >= 0.3 is 0 Å². The number of carbonyl (C=O) groups excluding carboxylic acids is 1. The SMILES string of the molecule is O=C1C=CCCN1Cc1ccccc1. The van der Waals surface area contributed by atoms with Gasteiger partial charge in [0.15, 0.2) is 0 Å². The summed E-state index contributed by atoms with van der Waals surface area (Å²) in [5.41, 5.74) is 1.19. The van der Waals surface area contributed by atoms with Gasteiger partial charge in [-0.05, 0) is 18.1 Å². The Morgan fingerprint density at radius 2 is 2.00 bits per heavy atom. The summed E-state index contributed by atoms with van der Waals surface area (Å²) in [5.74, 6) is 0.125. The summed E-state index contributed by atoms with van der Waals surface area (Å²) >= 11 is 0. The number of hydrogen-bond acceptors (Lipinski definition) is 1. The fourth-order valence-electron chi connectivity index (χ4n) is 1.59. The highest BCUT2D eigenvalue weighted by Gasteiger charge is 2.12. The van der Waals surface area contributed by atoms with Crippen molar-refractivity contribution < 1.29 is 4.79 Å². The van der Waals surface area contributed by atoms with E-state index in [4.69, 9.17) is 0 Å². The van der Waals surface area contributed by atoms with Gasteiger partial charge in [0.2, 0.25) is 5.91 Å². The molecule has 0 bridgehead atoms. The highest BCUT2D eigenvalue weighted by atomic mass is 16.2. The van der Waals surface area contributed by atoms with E-state index in [0.29, 0.717) is 0 Å². The molecule has 1 aliphatic heterocycles. The average Bonchev–Trinajstić information content (AvgIpc) is 2.23. The van der Waals surface area contributed by atoms with E-state index in [0.717, 1.165) is 19.5 Å². The van der Waals surface area contributed by atoms with Gasteiger partial charge in [0, 0.05) is 13.1 Å². The summed E-state index contributed by atoms with van der Waals surface area (Å²) in [5, 5.41) is 0. The highest BCUT2D eigenvalue weighted by molar-refractivity contribution is 5.88. The monoisotopic (exact) mass is 187 g/mol. The quantitative estimate of drug-likeness (QED) is 0.693. The highest BCUT2D eigenvalue weighted by Crippen LogP contribution is 2.09. The summed E-state index contributed by atoms with van der Waals surface area (Å²) in [6, 6.07) is 10.1. The Labute approximate surface area is 83.8 Å². The third-order valence-corrected chi connectivity index (χ3v) is 2.35. The van der Waals surface area contributed by atoms with Crippen molar-refractivity contribution in [2.24, 2.45) is 0 Å². The fraction of sp³-hybridized carbons (Fsp3) is 0.250. The van der Waals surface area contributed by atoms with Crippen molar-refractivity contribution in [1.82, 2.24) is 4.90 Å². The molecule has 1 aliphatic rings. The van der Waals surface area contributed by atoms with Gasteiger partial charge in [-0.2, -0.15) is 0 Å². The summed E-state index contributed by atoms with van der Waals surface area (Å²) < 4.78 is 0. The third kappa shape index (κ3) is 2.02. The molecule has 1 amide bonds. The Bertz CT molecular complexity index is 343. The minimum absolute atomic E-state index is 0.125. The maximum absolute atomic E-state index is 11.4. The van der Waals surface area contributed by atoms with Crippen molar-refractivity contribution in [3.63, 3.8) is 0 Å². The zero-order chi connectivity index (χ0) is 9.80. The van der Waals surface area contributed by atoms with Crippen molar-refractivity contribution in [3.8, 4) is 0 Å². The molecule has 0 saturated carbocycles. The molecule has 2 heteroatoms. The average molecular weight is 187 g/mol. The standard InChI is InChI=1S/C12H13NO/c14-12-8-4-5-9-13(12)10-11-6-2-1-3-7-11/h1-4,6-8H,5,9-10H2. The second-order valence-electron chi connectivity index (χ2n) is 3.44. The van der Waals surface area contributed by atoms with E-state index < -0.39 is 0 Å². The molecule has 0 atom stereocenters. The van der Waals surface area contributed by atoms with Gasteiger partial charge in [0.05, 0.1) is 0 Å². The first kappa shape index (κ1) is 9.00. The van der Waals surface area contributed by atoms with Crippen LogP contribution in [0.1, 0.15) is 12.0 Å². The van der Waals surface area contributed by atoms with Crippen molar-refractivity contribution in [2.75, 3.05) is 6.54 Å². The molecular weight excluding hydrogens is 174 g/mol. The van der Waals surface area contributed by atoms with Crippen LogP contribution in [0.3, 0.4) is 0 Å². The summed E-state index contributed by atoms with van der Waals surface area (Å²) in [7, 11) is 0. The molecule has 0 aliphatic carbocycles. The molecular formula is C12H13NO. The molecule has 0 unspecified atom stereocenters.